The summed E-state index contributed by atoms with van der Waals surface area (Å²) in [4.78, 5) is 13.6. The van der Waals surface area contributed by atoms with Crippen LogP contribution >= 0.6 is 0 Å². The molecule has 0 saturated carbocycles. The van der Waals surface area contributed by atoms with Crippen LogP contribution in [-0.4, -0.2) is 65.3 Å². The standard InChI is InChI=1S/C23H28N2O6S/c1-29-20-8-7-19(17-21(20)32(27,28)25-11-15-31-16-12-25)24-22(26)23(9-13-30-14-10-23)18-5-3-2-4-6-18/h2-8,17H,9-16H2,1H3,(H,24,26). The van der Waals surface area contributed by atoms with E-state index in [1.807, 2.05) is 30.3 Å². The Balaban J connectivity index is 1.65. The number of sulfonamides is 1. The molecule has 0 radical (unpaired) electrons. The summed E-state index contributed by atoms with van der Waals surface area (Å²) in [6, 6.07) is 14.4. The van der Waals surface area contributed by atoms with Gasteiger partial charge >= 0.3 is 0 Å². The highest BCUT2D eigenvalue weighted by atomic mass is 32.2. The number of hydrogen-bond donors (Lipinski definition) is 1. The van der Waals surface area contributed by atoms with Crippen molar-refractivity contribution in [2.24, 2.45) is 0 Å². The van der Waals surface area contributed by atoms with E-state index < -0.39 is 15.4 Å². The largest absolute Gasteiger partial charge is 0.495 e. The van der Waals surface area contributed by atoms with Crippen LogP contribution in [0.2, 0.25) is 0 Å². The van der Waals surface area contributed by atoms with Gasteiger partial charge in [-0.3, -0.25) is 4.79 Å². The molecule has 0 aliphatic carbocycles. The summed E-state index contributed by atoms with van der Waals surface area (Å²) in [7, 11) is -2.37. The van der Waals surface area contributed by atoms with Crippen molar-refractivity contribution in [3.63, 3.8) is 0 Å². The second-order valence-electron chi connectivity index (χ2n) is 7.90. The Morgan fingerprint density at radius 1 is 1.00 bits per heavy atom. The third-order valence-electron chi connectivity index (χ3n) is 6.12. The van der Waals surface area contributed by atoms with Crippen molar-refractivity contribution in [3.8, 4) is 5.75 Å². The molecule has 2 aromatic rings. The number of carbonyl (C=O) groups is 1. The minimum atomic E-state index is -3.80. The fourth-order valence-corrected chi connectivity index (χ4v) is 5.85. The van der Waals surface area contributed by atoms with Crippen molar-refractivity contribution in [2.45, 2.75) is 23.2 Å². The van der Waals surface area contributed by atoms with E-state index in [2.05, 4.69) is 5.32 Å². The topological polar surface area (TPSA) is 94.2 Å². The highest BCUT2D eigenvalue weighted by Gasteiger charge is 2.42. The number of nitrogens with zero attached hydrogens (tertiary/aromatic N) is 1. The molecule has 2 fully saturated rings. The maximum atomic E-state index is 13.5. The molecule has 0 spiro atoms. The van der Waals surface area contributed by atoms with E-state index >= 15 is 0 Å². The predicted molar refractivity (Wildman–Crippen MR) is 119 cm³/mol. The van der Waals surface area contributed by atoms with Crippen LogP contribution in [0, 0.1) is 0 Å². The second kappa shape index (κ2) is 9.58. The molecule has 32 heavy (non-hydrogen) atoms. The predicted octanol–water partition coefficient (Wildman–Crippen LogP) is 2.40. The molecule has 2 heterocycles. The lowest BCUT2D eigenvalue weighted by Crippen LogP contribution is -2.44. The third-order valence-corrected chi connectivity index (χ3v) is 8.04. The Morgan fingerprint density at radius 2 is 1.66 bits per heavy atom. The van der Waals surface area contributed by atoms with Gasteiger partial charge in [-0.25, -0.2) is 8.42 Å². The highest BCUT2D eigenvalue weighted by Crippen LogP contribution is 2.37. The zero-order chi connectivity index (χ0) is 22.6. The highest BCUT2D eigenvalue weighted by molar-refractivity contribution is 7.89. The molecule has 1 N–H and O–H groups in total. The lowest BCUT2D eigenvalue weighted by Gasteiger charge is -2.36. The average Bonchev–Trinajstić information content (AvgIpc) is 2.85. The van der Waals surface area contributed by atoms with Crippen LogP contribution in [-0.2, 0) is 29.7 Å². The van der Waals surface area contributed by atoms with E-state index in [4.69, 9.17) is 14.2 Å². The van der Waals surface area contributed by atoms with Crippen molar-refractivity contribution >= 4 is 21.6 Å². The van der Waals surface area contributed by atoms with E-state index in [0.29, 0.717) is 45.0 Å². The molecule has 2 aliphatic heterocycles. The number of morpholine rings is 1. The summed E-state index contributed by atoms with van der Waals surface area (Å²) < 4.78 is 44.0. The Kier molecular flexibility index (Phi) is 6.80. The zero-order valence-electron chi connectivity index (χ0n) is 18.1. The van der Waals surface area contributed by atoms with Gasteiger partial charge in [0.2, 0.25) is 15.9 Å². The smallest absolute Gasteiger partial charge is 0.246 e. The van der Waals surface area contributed by atoms with Crippen LogP contribution in [0.5, 0.6) is 5.75 Å². The Hall–Kier alpha value is -2.46. The fourth-order valence-electron chi connectivity index (χ4n) is 4.26. The molecule has 8 nitrogen and oxygen atoms in total. The summed E-state index contributed by atoms with van der Waals surface area (Å²) in [5.41, 5.74) is 0.600. The number of amides is 1. The van der Waals surface area contributed by atoms with Gasteiger partial charge in [0.05, 0.1) is 25.7 Å². The van der Waals surface area contributed by atoms with Gasteiger partial charge in [-0.15, -0.1) is 0 Å². The van der Waals surface area contributed by atoms with Crippen molar-refractivity contribution < 1.29 is 27.4 Å². The summed E-state index contributed by atoms with van der Waals surface area (Å²) in [6.07, 6.45) is 1.11. The van der Waals surface area contributed by atoms with Gasteiger partial charge in [-0.05, 0) is 36.6 Å². The van der Waals surface area contributed by atoms with E-state index in [9.17, 15) is 13.2 Å². The van der Waals surface area contributed by atoms with Gasteiger partial charge in [0.25, 0.3) is 0 Å². The monoisotopic (exact) mass is 460 g/mol. The van der Waals surface area contributed by atoms with Crippen LogP contribution in [0.3, 0.4) is 0 Å². The fraction of sp³-hybridized carbons (Fsp3) is 0.435. The number of hydrogen-bond acceptors (Lipinski definition) is 6. The first-order chi connectivity index (χ1) is 15.5. The molecular weight excluding hydrogens is 432 g/mol. The lowest BCUT2D eigenvalue weighted by atomic mass is 9.73. The van der Waals surface area contributed by atoms with Crippen LogP contribution in [0.25, 0.3) is 0 Å². The number of methoxy groups -OCH3 is 1. The van der Waals surface area contributed by atoms with Crippen LogP contribution in [0.4, 0.5) is 5.69 Å². The summed E-state index contributed by atoms with van der Waals surface area (Å²) in [5, 5.41) is 2.96. The average molecular weight is 461 g/mol. The van der Waals surface area contributed by atoms with Gasteiger partial charge in [0.15, 0.2) is 0 Å². The van der Waals surface area contributed by atoms with Crippen LogP contribution in [0.15, 0.2) is 53.4 Å². The zero-order valence-corrected chi connectivity index (χ0v) is 18.9. The van der Waals surface area contributed by atoms with Crippen molar-refractivity contribution in [1.82, 2.24) is 4.31 Å². The molecule has 2 aliphatic rings. The number of ether oxygens (including phenoxy) is 3. The molecular formula is C23H28N2O6S. The number of carbonyl (C=O) groups excluding carboxylic acids is 1. The Labute approximate surface area is 188 Å². The first kappa shape index (κ1) is 22.7. The van der Waals surface area contributed by atoms with Gasteiger partial charge < -0.3 is 19.5 Å². The Bertz CT molecular complexity index is 1050. The van der Waals surface area contributed by atoms with E-state index in [1.54, 1.807) is 12.1 Å². The van der Waals surface area contributed by atoms with Crippen molar-refractivity contribution in [3.05, 3.63) is 54.1 Å². The van der Waals surface area contributed by atoms with Crippen LogP contribution < -0.4 is 10.1 Å². The molecule has 0 bridgehead atoms. The summed E-state index contributed by atoms with van der Waals surface area (Å²) in [6.45, 7) is 2.22. The van der Waals surface area contributed by atoms with Crippen molar-refractivity contribution in [1.29, 1.82) is 0 Å². The minimum Gasteiger partial charge on any atom is -0.495 e. The molecule has 172 valence electrons. The van der Waals surface area contributed by atoms with Gasteiger partial charge in [-0.1, -0.05) is 30.3 Å². The van der Waals surface area contributed by atoms with Crippen LogP contribution in [0.1, 0.15) is 18.4 Å². The molecule has 2 aromatic carbocycles. The van der Waals surface area contributed by atoms with Gasteiger partial charge in [0.1, 0.15) is 10.6 Å². The quantitative estimate of drug-likeness (QED) is 0.712. The third kappa shape index (κ3) is 4.38. The number of rotatable bonds is 6. The normalized spacial score (nSPS) is 19.3. The Morgan fingerprint density at radius 3 is 2.31 bits per heavy atom. The summed E-state index contributed by atoms with van der Waals surface area (Å²) in [5.74, 6) is 0.0604. The molecule has 0 unspecified atom stereocenters. The number of anilines is 1. The summed E-state index contributed by atoms with van der Waals surface area (Å²) >= 11 is 0. The van der Waals surface area contributed by atoms with Gasteiger partial charge in [0, 0.05) is 32.0 Å². The SMILES string of the molecule is COc1ccc(NC(=O)C2(c3ccccc3)CCOCC2)cc1S(=O)(=O)N1CCOCC1. The maximum absolute atomic E-state index is 13.5. The number of nitrogens with one attached hydrogen (secondary N) is 1. The van der Waals surface area contributed by atoms with E-state index in [1.165, 1.54) is 17.5 Å². The molecule has 4 rings (SSSR count). The lowest BCUT2D eigenvalue weighted by molar-refractivity contribution is -0.125. The molecule has 0 atom stereocenters. The van der Waals surface area contributed by atoms with Crippen molar-refractivity contribution in [2.75, 3.05) is 51.9 Å². The van der Waals surface area contributed by atoms with E-state index in [0.717, 1.165) is 5.56 Å². The molecule has 2 saturated heterocycles. The van der Waals surface area contributed by atoms with E-state index in [-0.39, 0.29) is 29.6 Å². The molecule has 1 amide bonds. The first-order valence-corrected chi connectivity index (χ1v) is 12.1. The molecule has 0 aromatic heterocycles. The second-order valence-corrected chi connectivity index (χ2v) is 9.80. The maximum Gasteiger partial charge on any atom is 0.246 e. The first-order valence-electron chi connectivity index (χ1n) is 10.7. The van der Waals surface area contributed by atoms with Gasteiger partial charge in [-0.2, -0.15) is 4.31 Å². The minimum absolute atomic E-state index is 0.0282. The molecule has 9 heteroatoms. The number of benzene rings is 2.